The molecule has 0 amide bonds. The number of fused-ring (bicyclic) bond motifs is 1. The van der Waals surface area contributed by atoms with Crippen LogP contribution in [0.5, 0.6) is 5.75 Å². The second-order valence-electron chi connectivity index (χ2n) is 5.94. The highest BCUT2D eigenvalue weighted by atomic mass is 32.1. The number of aliphatic hydroxyl groups is 1. The van der Waals surface area contributed by atoms with Gasteiger partial charge in [0.25, 0.3) is 0 Å². The van der Waals surface area contributed by atoms with Crippen LogP contribution in [0.4, 0.5) is 0 Å². The van der Waals surface area contributed by atoms with E-state index in [1.54, 1.807) is 0 Å². The topological polar surface area (TPSA) is 32.7 Å². The lowest BCUT2D eigenvalue weighted by atomic mass is 10.1. The first-order valence-corrected chi connectivity index (χ1v) is 8.91. The highest BCUT2D eigenvalue weighted by Crippen LogP contribution is 2.26. The SMILES string of the molecule is Cc1ccsc1CN(CCCO)CC1=Cc2ccccc2OC1. The predicted molar refractivity (Wildman–Crippen MR) is 95.9 cm³/mol. The molecule has 0 spiro atoms. The highest BCUT2D eigenvalue weighted by Gasteiger charge is 2.15. The van der Waals surface area contributed by atoms with Crippen LogP contribution in [0.15, 0.2) is 41.3 Å². The molecule has 0 radical (unpaired) electrons. The molecule has 1 aliphatic rings. The number of hydrogen-bond acceptors (Lipinski definition) is 4. The summed E-state index contributed by atoms with van der Waals surface area (Å²) in [4.78, 5) is 3.80. The van der Waals surface area contributed by atoms with Gasteiger partial charge in [0.05, 0.1) is 0 Å². The van der Waals surface area contributed by atoms with Gasteiger partial charge in [-0.1, -0.05) is 18.2 Å². The van der Waals surface area contributed by atoms with Gasteiger partial charge in [0.15, 0.2) is 0 Å². The third kappa shape index (κ3) is 4.22. The molecule has 3 nitrogen and oxygen atoms in total. The molecule has 1 N–H and O–H groups in total. The first kappa shape index (κ1) is 16.2. The molecule has 2 aromatic rings. The van der Waals surface area contributed by atoms with Gasteiger partial charge in [0, 0.05) is 36.7 Å². The minimum atomic E-state index is 0.234. The first-order chi connectivity index (χ1) is 11.3. The molecule has 0 aliphatic carbocycles. The lowest BCUT2D eigenvalue weighted by Crippen LogP contribution is -2.29. The van der Waals surface area contributed by atoms with Crippen LogP contribution < -0.4 is 4.74 Å². The number of rotatable bonds is 7. The van der Waals surface area contributed by atoms with E-state index in [-0.39, 0.29) is 6.61 Å². The number of benzene rings is 1. The predicted octanol–water partition coefficient (Wildman–Crippen LogP) is 3.72. The van der Waals surface area contributed by atoms with Gasteiger partial charge in [0.2, 0.25) is 0 Å². The average Bonchev–Trinajstić information content (AvgIpc) is 2.97. The van der Waals surface area contributed by atoms with Crippen molar-refractivity contribution < 1.29 is 9.84 Å². The Morgan fingerprint density at radius 3 is 2.87 bits per heavy atom. The van der Waals surface area contributed by atoms with E-state index in [1.165, 1.54) is 16.0 Å². The fraction of sp³-hybridized carbons (Fsp3) is 0.368. The van der Waals surface area contributed by atoms with Crippen LogP contribution in [0, 0.1) is 6.92 Å². The molecule has 0 fully saturated rings. The van der Waals surface area contributed by atoms with Gasteiger partial charge >= 0.3 is 0 Å². The van der Waals surface area contributed by atoms with Crippen molar-refractivity contribution in [3.05, 3.63) is 57.3 Å². The normalized spacial score (nSPS) is 13.6. The summed E-state index contributed by atoms with van der Waals surface area (Å²) >= 11 is 1.81. The second kappa shape index (κ2) is 7.77. The Kier molecular flexibility index (Phi) is 5.49. The number of hydrogen-bond donors (Lipinski definition) is 1. The maximum Gasteiger partial charge on any atom is 0.127 e. The van der Waals surface area contributed by atoms with Crippen LogP contribution >= 0.6 is 11.3 Å². The average molecular weight is 329 g/mol. The molecule has 2 heterocycles. The van der Waals surface area contributed by atoms with E-state index in [1.807, 2.05) is 29.5 Å². The zero-order valence-corrected chi connectivity index (χ0v) is 14.3. The maximum absolute atomic E-state index is 9.17. The molecule has 4 heteroatoms. The largest absolute Gasteiger partial charge is 0.489 e. The fourth-order valence-corrected chi connectivity index (χ4v) is 3.77. The van der Waals surface area contributed by atoms with Crippen LogP contribution in [0.25, 0.3) is 6.08 Å². The second-order valence-corrected chi connectivity index (χ2v) is 6.94. The molecular weight excluding hydrogens is 306 g/mol. The van der Waals surface area contributed by atoms with E-state index >= 15 is 0 Å². The van der Waals surface area contributed by atoms with Gasteiger partial charge in [-0.05, 0) is 48.1 Å². The van der Waals surface area contributed by atoms with Crippen molar-refractivity contribution in [2.45, 2.75) is 19.9 Å². The van der Waals surface area contributed by atoms with Gasteiger partial charge in [-0.2, -0.15) is 0 Å². The van der Waals surface area contributed by atoms with Crippen LogP contribution in [-0.4, -0.2) is 36.3 Å². The number of para-hydroxylation sites is 1. The minimum Gasteiger partial charge on any atom is -0.489 e. The summed E-state index contributed by atoms with van der Waals surface area (Å²) in [7, 11) is 0. The number of aryl methyl sites for hydroxylation is 1. The van der Waals surface area contributed by atoms with E-state index < -0.39 is 0 Å². The molecule has 1 aromatic heterocycles. The number of ether oxygens (including phenoxy) is 1. The quantitative estimate of drug-likeness (QED) is 0.840. The molecule has 0 unspecified atom stereocenters. The molecule has 23 heavy (non-hydrogen) atoms. The Morgan fingerprint density at radius 2 is 2.09 bits per heavy atom. The van der Waals surface area contributed by atoms with Crippen molar-refractivity contribution >= 4 is 17.4 Å². The minimum absolute atomic E-state index is 0.234. The zero-order valence-electron chi connectivity index (χ0n) is 13.5. The summed E-state index contributed by atoms with van der Waals surface area (Å²) < 4.78 is 5.86. The zero-order chi connectivity index (χ0) is 16.1. The lowest BCUT2D eigenvalue weighted by Gasteiger charge is -2.25. The Bertz CT molecular complexity index is 678. The summed E-state index contributed by atoms with van der Waals surface area (Å²) in [6.45, 7) is 5.75. The standard InChI is InChI=1S/C19H23NO2S/c1-15-7-10-23-19(15)13-20(8-4-9-21)12-16-11-17-5-2-3-6-18(17)22-14-16/h2-3,5-7,10-11,21H,4,8-9,12-14H2,1H3. The van der Waals surface area contributed by atoms with Crippen molar-refractivity contribution in [2.75, 3.05) is 26.3 Å². The molecular formula is C19H23NO2S. The van der Waals surface area contributed by atoms with E-state index in [4.69, 9.17) is 9.84 Å². The molecule has 0 atom stereocenters. The molecule has 0 saturated heterocycles. The van der Waals surface area contributed by atoms with E-state index in [9.17, 15) is 0 Å². The highest BCUT2D eigenvalue weighted by molar-refractivity contribution is 7.10. The first-order valence-electron chi connectivity index (χ1n) is 8.03. The van der Waals surface area contributed by atoms with E-state index in [0.717, 1.165) is 37.4 Å². The summed E-state index contributed by atoms with van der Waals surface area (Å²) in [5.74, 6) is 0.965. The smallest absolute Gasteiger partial charge is 0.127 e. The Morgan fingerprint density at radius 1 is 1.22 bits per heavy atom. The van der Waals surface area contributed by atoms with Crippen LogP contribution in [0.3, 0.4) is 0 Å². The van der Waals surface area contributed by atoms with Gasteiger partial charge in [-0.3, -0.25) is 4.90 Å². The lowest BCUT2D eigenvalue weighted by molar-refractivity contribution is 0.223. The van der Waals surface area contributed by atoms with Gasteiger partial charge in [-0.15, -0.1) is 11.3 Å². The Balaban J connectivity index is 1.71. The fourth-order valence-electron chi connectivity index (χ4n) is 2.82. The summed E-state index contributed by atoms with van der Waals surface area (Å²) in [5, 5.41) is 11.3. The summed E-state index contributed by atoms with van der Waals surface area (Å²) in [5.41, 5.74) is 3.79. The summed E-state index contributed by atoms with van der Waals surface area (Å²) in [6, 6.07) is 10.3. The molecule has 1 aliphatic heterocycles. The Hall–Kier alpha value is -1.62. The van der Waals surface area contributed by atoms with Gasteiger partial charge in [-0.25, -0.2) is 0 Å². The molecule has 1 aromatic carbocycles. The number of thiophene rings is 1. The van der Waals surface area contributed by atoms with Crippen molar-refractivity contribution in [1.29, 1.82) is 0 Å². The van der Waals surface area contributed by atoms with E-state index in [0.29, 0.717) is 6.61 Å². The van der Waals surface area contributed by atoms with Crippen LogP contribution in [0.1, 0.15) is 22.4 Å². The van der Waals surface area contributed by atoms with Gasteiger partial charge in [0.1, 0.15) is 12.4 Å². The van der Waals surface area contributed by atoms with Crippen molar-refractivity contribution in [3.63, 3.8) is 0 Å². The van der Waals surface area contributed by atoms with Crippen LogP contribution in [0.2, 0.25) is 0 Å². The van der Waals surface area contributed by atoms with Crippen molar-refractivity contribution in [2.24, 2.45) is 0 Å². The molecule has 3 rings (SSSR count). The van der Waals surface area contributed by atoms with Crippen molar-refractivity contribution in [3.8, 4) is 5.75 Å². The summed E-state index contributed by atoms with van der Waals surface area (Å²) in [6.07, 6.45) is 3.04. The van der Waals surface area contributed by atoms with Gasteiger partial charge < -0.3 is 9.84 Å². The number of aliphatic hydroxyl groups excluding tert-OH is 1. The maximum atomic E-state index is 9.17. The van der Waals surface area contributed by atoms with Crippen molar-refractivity contribution in [1.82, 2.24) is 4.90 Å². The van der Waals surface area contributed by atoms with E-state index in [2.05, 4.69) is 35.4 Å². The molecule has 0 bridgehead atoms. The third-order valence-corrected chi connectivity index (χ3v) is 5.09. The van der Waals surface area contributed by atoms with Crippen LogP contribution in [-0.2, 0) is 6.54 Å². The Labute approximate surface area is 141 Å². The monoisotopic (exact) mass is 329 g/mol. The molecule has 122 valence electrons. The number of nitrogens with zero attached hydrogens (tertiary/aromatic N) is 1. The molecule has 0 saturated carbocycles. The third-order valence-electron chi connectivity index (χ3n) is 4.09.